The zero-order valence-electron chi connectivity index (χ0n) is 12.4. The molecule has 5 heteroatoms. The summed E-state index contributed by atoms with van der Waals surface area (Å²) in [6.45, 7) is 13.1. The van der Waals surface area contributed by atoms with Gasteiger partial charge in [-0.2, -0.15) is 0 Å². The minimum Gasteiger partial charge on any atom is -0.436 e. The van der Waals surface area contributed by atoms with E-state index in [4.69, 9.17) is 13.9 Å². The highest BCUT2D eigenvalue weighted by atomic mass is 28.4. The van der Waals surface area contributed by atoms with Crippen molar-refractivity contribution in [3.8, 4) is 0 Å². The summed E-state index contributed by atoms with van der Waals surface area (Å²) in [7, 11) is -1.73. The summed E-state index contributed by atoms with van der Waals surface area (Å²) in [4.78, 5) is 10.8. The summed E-state index contributed by atoms with van der Waals surface area (Å²) in [6, 6.07) is 0. The number of carbonyl (C=O) groups excluding carboxylic acids is 1. The van der Waals surface area contributed by atoms with E-state index in [2.05, 4.69) is 33.9 Å². The summed E-state index contributed by atoms with van der Waals surface area (Å²) in [5, 5.41) is 0.208. The fraction of sp³-hybridized carbons (Fsp3) is 0.923. The van der Waals surface area contributed by atoms with Gasteiger partial charge in [0, 0.05) is 13.3 Å². The SMILES string of the molecule is CC(=O)OC1CC[C@H](O[Si](C)(C)C(C)(C)C)CO1. The lowest BCUT2D eigenvalue weighted by atomic mass is 10.1. The van der Waals surface area contributed by atoms with Gasteiger partial charge in [0.2, 0.25) is 6.29 Å². The van der Waals surface area contributed by atoms with Crippen molar-refractivity contribution in [3.05, 3.63) is 0 Å². The van der Waals surface area contributed by atoms with Crippen LogP contribution in [0.4, 0.5) is 0 Å². The molecular weight excluding hydrogens is 248 g/mol. The van der Waals surface area contributed by atoms with Crippen LogP contribution in [0.5, 0.6) is 0 Å². The molecule has 2 atom stereocenters. The molecule has 0 saturated carbocycles. The number of ether oxygens (including phenoxy) is 2. The zero-order valence-corrected chi connectivity index (χ0v) is 13.4. The zero-order chi connectivity index (χ0) is 14.0. The van der Waals surface area contributed by atoms with Crippen molar-refractivity contribution in [2.45, 2.75) is 71.1 Å². The molecule has 0 bridgehead atoms. The van der Waals surface area contributed by atoms with E-state index in [1.165, 1.54) is 6.92 Å². The van der Waals surface area contributed by atoms with E-state index in [1.54, 1.807) is 0 Å². The Labute approximate surface area is 111 Å². The highest BCUT2D eigenvalue weighted by Gasteiger charge is 2.40. The van der Waals surface area contributed by atoms with E-state index in [9.17, 15) is 4.79 Å². The molecule has 1 heterocycles. The average Bonchev–Trinajstić information content (AvgIpc) is 2.18. The molecular formula is C13H26O4Si. The molecule has 106 valence electrons. The van der Waals surface area contributed by atoms with Crippen molar-refractivity contribution in [3.63, 3.8) is 0 Å². The van der Waals surface area contributed by atoms with Crippen LogP contribution < -0.4 is 0 Å². The molecule has 0 aromatic heterocycles. The summed E-state index contributed by atoms with van der Waals surface area (Å²) < 4.78 is 16.8. The second-order valence-electron chi connectivity index (χ2n) is 6.45. The van der Waals surface area contributed by atoms with Crippen LogP contribution in [0.1, 0.15) is 40.5 Å². The molecule has 1 saturated heterocycles. The van der Waals surface area contributed by atoms with Crippen molar-refractivity contribution in [1.29, 1.82) is 0 Å². The van der Waals surface area contributed by atoms with Gasteiger partial charge in [0.25, 0.3) is 0 Å². The van der Waals surface area contributed by atoms with E-state index in [0.717, 1.165) is 12.8 Å². The number of hydrogen-bond donors (Lipinski definition) is 0. The van der Waals surface area contributed by atoms with Crippen LogP contribution in [0, 0.1) is 0 Å². The van der Waals surface area contributed by atoms with Crippen LogP contribution in [-0.2, 0) is 18.7 Å². The van der Waals surface area contributed by atoms with Gasteiger partial charge in [-0.1, -0.05) is 20.8 Å². The molecule has 0 radical (unpaired) electrons. The smallest absolute Gasteiger partial charge is 0.304 e. The lowest BCUT2D eigenvalue weighted by Crippen LogP contribution is -2.47. The van der Waals surface area contributed by atoms with E-state index >= 15 is 0 Å². The van der Waals surface area contributed by atoms with Crippen molar-refractivity contribution in [2.24, 2.45) is 0 Å². The molecule has 1 rings (SSSR count). The van der Waals surface area contributed by atoms with Gasteiger partial charge < -0.3 is 13.9 Å². The molecule has 0 aromatic rings. The Morgan fingerprint density at radius 3 is 2.28 bits per heavy atom. The second-order valence-corrected chi connectivity index (χ2v) is 11.2. The van der Waals surface area contributed by atoms with Gasteiger partial charge in [0.05, 0.1) is 12.7 Å². The maximum absolute atomic E-state index is 10.8. The molecule has 4 nitrogen and oxygen atoms in total. The third-order valence-corrected chi connectivity index (χ3v) is 8.29. The molecule has 1 unspecified atom stereocenters. The number of hydrogen-bond acceptors (Lipinski definition) is 4. The van der Waals surface area contributed by atoms with Crippen LogP contribution in [0.15, 0.2) is 0 Å². The standard InChI is InChI=1S/C13H26O4Si/c1-10(14)16-12-8-7-11(9-15-12)17-18(5,6)13(2,3)4/h11-12H,7-9H2,1-6H3/t11-,12?/m0/s1. The van der Waals surface area contributed by atoms with Crippen LogP contribution in [0.25, 0.3) is 0 Å². The molecule has 1 fully saturated rings. The lowest BCUT2D eigenvalue weighted by molar-refractivity contribution is -0.194. The Kier molecular flexibility index (Phi) is 4.97. The Morgan fingerprint density at radius 2 is 1.89 bits per heavy atom. The average molecular weight is 274 g/mol. The Bertz CT molecular complexity index is 288. The molecule has 0 aliphatic carbocycles. The van der Waals surface area contributed by atoms with E-state index in [0.29, 0.717) is 6.61 Å². The number of esters is 1. The summed E-state index contributed by atoms with van der Waals surface area (Å²) in [6.07, 6.45) is 1.36. The van der Waals surface area contributed by atoms with Crippen LogP contribution >= 0.6 is 0 Å². The first-order chi connectivity index (χ1) is 8.12. The summed E-state index contributed by atoms with van der Waals surface area (Å²) in [5.41, 5.74) is 0. The molecule has 0 aromatic carbocycles. The normalized spacial score (nSPS) is 25.9. The highest BCUT2D eigenvalue weighted by molar-refractivity contribution is 6.74. The minimum atomic E-state index is -1.73. The number of carbonyl (C=O) groups is 1. The lowest BCUT2D eigenvalue weighted by Gasteiger charge is -2.41. The van der Waals surface area contributed by atoms with Gasteiger partial charge in [-0.05, 0) is 24.6 Å². The van der Waals surface area contributed by atoms with Crippen molar-refractivity contribution >= 4 is 14.3 Å². The first-order valence-corrected chi connectivity index (χ1v) is 9.49. The van der Waals surface area contributed by atoms with Crippen LogP contribution in [0.2, 0.25) is 18.1 Å². The quantitative estimate of drug-likeness (QED) is 0.586. The molecule has 1 aliphatic heterocycles. The predicted octanol–water partition coefficient (Wildman–Crippen LogP) is 3.08. The van der Waals surface area contributed by atoms with Gasteiger partial charge in [0.15, 0.2) is 8.32 Å². The van der Waals surface area contributed by atoms with Gasteiger partial charge in [-0.25, -0.2) is 0 Å². The summed E-state index contributed by atoms with van der Waals surface area (Å²) in [5.74, 6) is -0.288. The number of rotatable bonds is 3. The molecule has 1 aliphatic rings. The van der Waals surface area contributed by atoms with Crippen molar-refractivity contribution in [2.75, 3.05) is 6.61 Å². The second kappa shape index (κ2) is 5.71. The first kappa shape index (κ1) is 15.7. The Morgan fingerprint density at radius 1 is 1.28 bits per heavy atom. The third-order valence-electron chi connectivity index (χ3n) is 3.76. The van der Waals surface area contributed by atoms with Crippen LogP contribution in [-0.4, -0.2) is 33.3 Å². The molecule has 0 spiro atoms. The fourth-order valence-electron chi connectivity index (χ4n) is 1.67. The Hall–Kier alpha value is -0.393. The van der Waals surface area contributed by atoms with E-state index in [-0.39, 0.29) is 23.4 Å². The maximum Gasteiger partial charge on any atom is 0.304 e. The Balaban J connectivity index is 2.42. The van der Waals surface area contributed by atoms with Crippen molar-refractivity contribution < 1.29 is 18.7 Å². The van der Waals surface area contributed by atoms with E-state index < -0.39 is 8.32 Å². The first-order valence-electron chi connectivity index (χ1n) is 6.58. The van der Waals surface area contributed by atoms with Gasteiger partial charge in [0.1, 0.15) is 0 Å². The summed E-state index contributed by atoms with van der Waals surface area (Å²) >= 11 is 0. The highest BCUT2D eigenvalue weighted by Crippen LogP contribution is 2.38. The third kappa shape index (κ3) is 4.37. The maximum atomic E-state index is 10.8. The van der Waals surface area contributed by atoms with Gasteiger partial charge in [-0.3, -0.25) is 4.79 Å². The van der Waals surface area contributed by atoms with Gasteiger partial charge >= 0.3 is 5.97 Å². The minimum absolute atomic E-state index is 0.137. The topological polar surface area (TPSA) is 44.8 Å². The largest absolute Gasteiger partial charge is 0.436 e. The van der Waals surface area contributed by atoms with E-state index in [1.807, 2.05) is 0 Å². The van der Waals surface area contributed by atoms with Crippen molar-refractivity contribution in [1.82, 2.24) is 0 Å². The monoisotopic (exact) mass is 274 g/mol. The molecule has 18 heavy (non-hydrogen) atoms. The predicted molar refractivity (Wildman–Crippen MR) is 72.8 cm³/mol. The molecule has 0 N–H and O–H groups in total. The van der Waals surface area contributed by atoms with Gasteiger partial charge in [-0.15, -0.1) is 0 Å². The van der Waals surface area contributed by atoms with Crippen LogP contribution in [0.3, 0.4) is 0 Å². The molecule has 0 amide bonds. The fourth-order valence-corrected chi connectivity index (χ4v) is 3.04.